The van der Waals surface area contributed by atoms with Gasteiger partial charge in [-0.1, -0.05) is 12.1 Å². The van der Waals surface area contributed by atoms with E-state index in [1.807, 2.05) is 29.6 Å². The molecule has 27 heavy (non-hydrogen) atoms. The molecular weight excluding hydrogens is 366 g/mol. The highest BCUT2D eigenvalue weighted by molar-refractivity contribution is 7.15. The minimum absolute atomic E-state index is 0.109. The Balaban J connectivity index is 1.90. The molecule has 0 saturated carbocycles. The number of hydrogen-bond acceptors (Lipinski definition) is 6. The second kappa shape index (κ2) is 8.50. The smallest absolute Gasteiger partial charge is 0.341 e. The average molecular weight is 385 g/mol. The molecule has 140 valence electrons. The molecule has 0 spiro atoms. The molecule has 0 aliphatic carbocycles. The molecular formula is C19H19N3O4S. The van der Waals surface area contributed by atoms with Crippen LogP contribution >= 0.6 is 11.3 Å². The summed E-state index contributed by atoms with van der Waals surface area (Å²) in [6.07, 6.45) is 4.86. The average Bonchev–Trinajstić information content (AvgIpc) is 3.32. The zero-order valence-electron chi connectivity index (χ0n) is 15.0. The molecule has 2 aromatic heterocycles. The van der Waals surface area contributed by atoms with Crippen LogP contribution in [0, 0.1) is 0 Å². The normalized spacial score (nSPS) is 10.4. The number of amides is 1. The highest BCUT2D eigenvalue weighted by Crippen LogP contribution is 2.36. The number of anilines is 1. The molecule has 0 bridgehead atoms. The van der Waals surface area contributed by atoms with Crippen molar-refractivity contribution in [2.45, 2.75) is 13.5 Å². The Morgan fingerprint density at radius 2 is 2.04 bits per heavy atom. The van der Waals surface area contributed by atoms with Gasteiger partial charge in [0, 0.05) is 23.3 Å². The van der Waals surface area contributed by atoms with E-state index in [0.717, 1.165) is 11.3 Å². The fraction of sp³-hybridized carbons (Fsp3) is 0.211. The summed E-state index contributed by atoms with van der Waals surface area (Å²) < 4.78 is 12.0. The lowest BCUT2D eigenvalue weighted by Gasteiger charge is -2.09. The number of carbonyl (C=O) groups excluding carboxylic acids is 2. The summed E-state index contributed by atoms with van der Waals surface area (Å²) in [6.45, 7) is 2.10. The first-order valence-electron chi connectivity index (χ1n) is 8.31. The number of rotatable bonds is 7. The Hall–Kier alpha value is -3.13. The zero-order valence-corrected chi connectivity index (χ0v) is 15.8. The van der Waals surface area contributed by atoms with Gasteiger partial charge in [-0.15, -0.1) is 11.3 Å². The quantitative estimate of drug-likeness (QED) is 0.630. The fourth-order valence-electron chi connectivity index (χ4n) is 2.55. The lowest BCUT2D eigenvalue weighted by molar-refractivity contribution is -0.116. The third kappa shape index (κ3) is 4.35. The van der Waals surface area contributed by atoms with Gasteiger partial charge in [0.25, 0.3) is 0 Å². The predicted octanol–water partition coefficient (Wildman–Crippen LogP) is 3.44. The van der Waals surface area contributed by atoms with E-state index in [1.165, 1.54) is 11.3 Å². The van der Waals surface area contributed by atoms with Gasteiger partial charge in [0.2, 0.25) is 5.91 Å². The molecule has 8 heteroatoms. The number of hydrogen-bond donors (Lipinski definition) is 1. The number of nitrogens with one attached hydrogen (secondary N) is 1. The molecule has 3 aromatic rings. The number of carbonyl (C=O) groups is 2. The molecule has 0 aliphatic heterocycles. The SMILES string of the molecule is CCOC(=O)c1c(-c2ccc(OC)cc2)csc1NC(=O)Cn1ccnc1. The van der Waals surface area contributed by atoms with Gasteiger partial charge in [0.05, 0.1) is 20.0 Å². The van der Waals surface area contributed by atoms with Crippen molar-refractivity contribution in [1.29, 1.82) is 0 Å². The van der Waals surface area contributed by atoms with Crippen LogP contribution < -0.4 is 10.1 Å². The largest absolute Gasteiger partial charge is 0.497 e. The first kappa shape index (κ1) is 18.7. The van der Waals surface area contributed by atoms with Crippen molar-refractivity contribution in [1.82, 2.24) is 9.55 Å². The maximum Gasteiger partial charge on any atom is 0.341 e. The van der Waals surface area contributed by atoms with Crippen LogP contribution in [0.5, 0.6) is 5.75 Å². The Morgan fingerprint density at radius 3 is 2.67 bits per heavy atom. The number of thiophene rings is 1. The van der Waals surface area contributed by atoms with Crippen molar-refractivity contribution >= 4 is 28.2 Å². The molecule has 0 unspecified atom stereocenters. The third-order valence-corrected chi connectivity index (χ3v) is 4.71. The van der Waals surface area contributed by atoms with Gasteiger partial charge in [0.15, 0.2) is 0 Å². The van der Waals surface area contributed by atoms with Gasteiger partial charge in [-0.2, -0.15) is 0 Å². The number of aromatic nitrogens is 2. The lowest BCUT2D eigenvalue weighted by Crippen LogP contribution is -2.19. The first-order valence-corrected chi connectivity index (χ1v) is 9.19. The second-order valence-electron chi connectivity index (χ2n) is 5.59. The van der Waals surface area contributed by atoms with Crippen molar-refractivity contribution in [3.05, 3.63) is 53.9 Å². The molecule has 0 aliphatic rings. The van der Waals surface area contributed by atoms with Crippen molar-refractivity contribution in [3.8, 4) is 16.9 Å². The van der Waals surface area contributed by atoms with Crippen molar-refractivity contribution in [3.63, 3.8) is 0 Å². The lowest BCUT2D eigenvalue weighted by atomic mass is 10.0. The molecule has 2 heterocycles. The first-order chi connectivity index (χ1) is 13.1. The van der Waals surface area contributed by atoms with Crippen LogP contribution in [0.25, 0.3) is 11.1 Å². The minimum Gasteiger partial charge on any atom is -0.497 e. The van der Waals surface area contributed by atoms with E-state index in [2.05, 4.69) is 10.3 Å². The van der Waals surface area contributed by atoms with E-state index >= 15 is 0 Å². The summed E-state index contributed by atoms with van der Waals surface area (Å²) in [6, 6.07) is 7.36. The van der Waals surface area contributed by atoms with Gasteiger partial charge in [-0.3, -0.25) is 4.79 Å². The topological polar surface area (TPSA) is 82.5 Å². The van der Waals surface area contributed by atoms with E-state index in [-0.39, 0.29) is 19.1 Å². The maximum absolute atomic E-state index is 12.5. The Bertz CT molecular complexity index is 917. The van der Waals surface area contributed by atoms with E-state index in [0.29, 0.717) is 16.1 Å². The monoisotopic (exact) mass is 385 g/mol. The number of ether oxygens (including phenoxy) is 2. The molecule has 3 rings (SSSR count). The van der Waals surface area contributed by atoms with Gasteiger partial charge >= 0.3 is 5.97 Å². The summed E-state index contributed by atoms with van der Waals surface area (Å²) in [7, 11) is 1.59. The van der Waals surface area contributed by atoms with Gasteiger partial charge in [0.1, 0.15) is 22.9 Å². The highest BCUT2D eigenvalue weighted by atomic mass is 32.1. The van der Waals surface area contributed by atoms with Crippen LogP contribution in [0.1, 0.15) is 17.3 Å². The van der Waals surface area contributed by atoms with Crippen molar-refractivity contribution in [2.75, 3.05) is 19.0 Å². The van der Waals surface area contributed by atoms with Crippen LogP contribution in [0.15, 0.2) is 48.4 Å². The van der Waals surface area contributed by atoms with Crippen LogP contribution in [0.3, 0.4) is 0 Å². The molecule has 0 saturated heterocycles. The van der Waals surface area contributed by atoms with Crippen LogP contribution in [-0.2, 0) is 16.1 Å². The summed E-state index contributed by atoms with van der Waals surface area (Å²) in [5, 5.41) is 5.10. The molecule has 0 fully saturated rings. The summed E-state index contributed by atoms with van der Waals surface area (Å²) in [5.41, 5.74) is 1.90. The highest BCUT2D eigenvalue weighted by Gasteiger charge is 2.22. The standard InChI is InChI=1S/C19H19N3O4S/c1-3-26-19(24)17-15(13-4-6-14(25-2)7-5-13)11-27-18(17)21-16(23)10-22-9-8-20-12-22/h4-9,11-12H,3,10H2,1-2H3,(H,21,23). The van der Waals surface area contributed by atoms with E-state index in [9.17, 15) is 9.59 Å². The third-order valence-electron chi connectivity index (χ3n) is 3.81. The Morgan fingerprint density at radius 1 is 1.26 bits per heavy atom. The van der Waals surface area contributed by atoms with Crippen molar-refractivity contribution in [2.24, 2.45) is 0 Å². The van der Waals surface area contributed by atoms with E-state index < -0.39 is 5.97 Å². The Labute approximate surface area is 160 Å². The van der Waals surface area contributed by atoms with E-state index in [1.54, 1.807) is 37.3 Å². The molecule has 1 aromatic carbocycles. The second-order valence-corrected chi connectivity index (χ2v) is 6.47. The summed E-state index contributed by atoms with van der Waals surface area (Å²) in [5.74, 6) is 0.00435. The number of nitrogens with zero attached hydrogens (tertiary/aromatic N) is 2. The van der Waals surface area contributed by atoms with Gasteiger partial charge < -0.3 is 19.4 Å². The minimum atomic E-state index is -0.470. The number of benzene rings is 1. The summed E-state index contributed by atoms with van der Waals surface area (Å²) >= 11 is 1.29. The van der Waals surface area contributed by atoms with Crippen molar-refractivity contribution < 1.29 is 19.1 Å². The Kier molecular flexibility index (Phi) is 5.87. The van der Waals surface area contributed by atoms with Crippen LogP contribution in [0.4, 0.5) is 5.00 Å². The molecule has 1 amide bonds. The molecule has 1 N–H and O–H groups in total. The number of esters is 1. The predicted molar refractivity (Wildman–Crippen MR) is 103 cm³/mol. The van der Waals surface area contributed by atoms with Gasteiger partial charge in [-0.05, 0) is 24.6 Å². The number of methoxy groups -OCH3 is 1. The van der Waals surface area contributed by atoms with Crippen LogP contribution in [0.2, 0.25) is 0 Å². The molecule has 0 atom stereocenters. The zero-order chi connectivity index (χ0) is 19.2. The van der Waals surface area contributed by atoms with E-state index in [4.69, 9.17) is 9.47 Å². The van der Waals surface area contributed by atoms with Gasteiger partial charge in [-0.25, -0.2) is 9.78 Å². The number of imidazole rings is 1. The van der Waals surface area contributed by atoms with Crippen LogP contribution in [-0.4, -0.2) is 35.1 Å². The molecule has 7 nitrogen and oxygen atoms in total. The maximum atomic E-state index is 12.5. The molecule has 0 radical (unpaired) electrons. The summed E-state index contributed by atoms with van der Waals surface area (Å²) in [4.78, 5) is 28.8. The fourth-order valence-corrected chi connectivity index (χ4v) is 3.52.